The molecule has 1 aliphatic heterocycles. The van der Waals surface area contributed by atoms with Gasteiger partial charge in [0, 0.05) is 18.2 Å². The van der Waals surface area contributed by atoms with E-state index in [1.807, 2.05) is 12.1 Å². The Morgan fingerprint density at radius 1 is 1.38 bits per heavy atom. The van der Waals surface area contributed by atoms with Crippen molar-refractivity contribution in [2.75, 3.05) is 6.54 Å². The third-order valence-electron chi connectivity index (χ3n) is 3.85. The fourth-order valence-electron chi connectivity index (χ4n) is 2.74. The topological polar surface area (TPSA) is 41.1 Å². The van der Waals surface area contributed by atoms with Gasteiger partial charge in [0.15, 0.2) is 0 Å². The molecule has 3 rings (SSSR count). The summed E-state index contributed by atoms with van der Waals surface area (Å²) in [5, 5.41) is 10.6. The molecule has 2 N–H and O–H groups in total. The number of carbonyl (C=O) groups is 1. The predicted octanol–water partition coefficient (Wildman–Crippen LogP) is 2.75. The third kappa shape index (κ3) is 3.52. The van der Waals surface area contributed by atoms with Gasteiger partial charge in [-0.25, -0.2) is 0 Å². The number of thiophene rings is 1. The Hall–Kier alpha value is -1.65. The summed E-state index contributed by atoms with van der Waals surface area (Å²) in [5.74, 6) is 0.0195. The first-order valence-corrected chi connectivity index (χ1v) is 8.31. The van der Waals surface area contributed by atoms with Crippen molar-refractivity contribution < 1.29 is 4.79 Å². The molecule has 110 valence electrons. The van der Waals surface area contributed by atoms with Crippen LogP contribution in [0, 0.1) is 0 Å². The second-order valence-electron chi connectivity index (χ2n) is 5.62. The normalized spacial score (nSPS) is 15.3. The zero-order valence-corrected chi connectivity index (χ0v) is 13.0. The van der Waals surface area contributed by atoms with Gasteiger partial charge in [0.1, 0.15) is 0 Å². The van der Waals surface area contributed by atoms with Crippen LogP contribution in [0.5, 0.6) is 0 Å². The van der Waals surface area contributed by atoms with E-state index in [1.54, 1.807) is 11.3 Å². The molecule has 0 bridgehead atoms. The van der Waals surface area contributed by atoms with Crippen LogP contribution in [-0.4, -0.2) is 18.5 Å². The minimum absolute atomic E-state index is 0.0195. The first kappa shape index (κ1) is 14.3. The highest BCUT2D eigenvalue weighted by Crippen LogP contribution is 2.16. The van der Waals surface area contributed by atoms with Crippen LogP contribution in [0.1, 0.15) is 34.0 Å². The second-order valence-corrected chi connectivity index (χ2v) is 6.40. The first-order valence-electron chi connectivity index (χ1n) is 7.37. The van der Waals surface area contributed by atoms with E-state index < -0.39 is 0 Å². The average Bonchev–Trinajstić information content (AvgIpc) is 2.99. The van der Waals surface area contributed by atoms with Crippen LogP contribution in [-0.2, 0) is 19.4 Å². The molecule has 0 fully saturated rings. The Labute approximate surface area is 129 Å². The van der Waals surface area contributed by atoms with Gasteiger partial charge < -0.3 is 10.6 Å². The van der Waals surface area contributed by atoms with Gasteiger partial charge in [-0.05, 0) is 72.0 Å². The molecule has 21 heavy (non-hydrogen) atoms. The van der Waals surface area contributed by atoms with Gasteiger partial charge >= 0.3 is 0 Å². The Balaban J connectivity index is 1.64. The highest BCUT2D eigenvalue weighted by atomic mass is 32.1. The molecule has 1 amide bonds. The molecule has 0 saturated carbocycles. The minimum Gasteiger partial charge on any atom is -0.349 e. The molecule has 0 aliphatic carbocycles. The number of amides is 1. The maximum absolute atomic E-state index is 12.3. The van der Waals surface area contributed by atoms with Crippen molar-refractivity contribution in [2.24, 2.45) is 0 Å². The monoisotopic (exact) mass is 300 g/mol. The first-order chi connectivity index (χ1) is 10.2. The average molecular weight is 300 g/mol. The minimum atomic E-state index is 0.0195. The van der Waals surface area contributed by atoms with Crippen molar-refractivity contribution in [2.45, 2.75) is 32.4 Å². The van der Waals surface area contributed by atoms with Crippen LogP contribution < -0.4 is 10.6 Å². The van der Waals surface area contributed by atoms with E-state index in [-0.39, 0.29) is 11.9 Å². The molecule has 1 aliphatic rings. The zero-order valence-electron chi connectivity index (χ0n) is 12.2. The van der Waals surface area contributed by atoms with Gasteiger partial charge in [-0.3, -0.25) is 4.79 Å². The summed E-state index contributed by atoms with van der Waals surface area (Å²) in [4.78, 5) is 12.3. The fourth-order valence-corrected chi connectivity index (χ4v) is 3.42. The summed E-state index contributed by atoms with van der Waals surface area (Å²) in [6.45, 7) is 3.94. The van der Waals surface area contributed by atoms with Crippen LogP contribution >= 0.6 is 11.3 Å². The van der Waals surface area contributed by atoms with E-state index in [0.29, 0.717) is 0 Å². The van der Waals surface area contributed by atoms with Crippen LogP contribution in [0.2, 0.25) is 0 Å². The highest BCUT2D eigenvalue weighted by Gasteiger charge is 2.14. The molecule has 0 spiro atoms. The van der Waals surface area contributed by atoms with Gasteiger partial charge in [-0.15, -0.1) is 0 Å². The van der Waals surface area contributed by atoms with Crippen LogP contribution in [0.15, 0.2) is 35.0 Å². The number of fused-ring (bicyclic) bond motifs is 1. The van der Waals surface area contributed by atoms with E-state index in [9.17, 15) is 4.79 Å². The third-order valence-corrected chi connectivity index (χ3v) is 4.59. The van der Waals surface area contributed by atoms with E-state index in [2.05, 4.69) is 40.5 Å². The lowest BCUT2D eigenvalue weighted by Crippen LogP contribution is -2.34. The van der Waals surface area contributed by atoms with Crippen molar-refractivity contribution in [3.05, 3.63) is 57.3 Å². The Morgan fingerprint density at radius 2 is 2.29 bits per heavy atom. The molecule has 3 nitrogen and oxygen atoms in total. The van der Waals surface area contributed by atoms with Gasteiger partial charge in [-0.1, -0.05) is 6.07 Å². The number of hydrogen-bond acceptors (Lipinski definition) is 3. The van der Waals surface area contributed by atoms with Crippen molar-refractivity contribution >= 4 is 17.2 Å². The van der Waals surface area contributed by atoms with Crippen molar-refractivity contribution in [1.82, 2.24) is 10.6 Å². The summed E-state index contributed by atoms with van der Waals surface area (Å²) in [7, 11) is 0. The standard InChI is InChI=1S/C17H20N2OS/c1-12(8-13-5-7-21-11-13)19-17(20)15-3-2-14-4-6-18-10-16(14)9-15/h2-3,5,7,9,11-12,18H,4,6,8,10H2,1H3,(H,19,20). The molecule has 2 heterocycles. The molecular weight excluding hydrogens is 280 g/mol. The number of carbonyl (C=O) groups excluding carboxylic acids is 1. The summed E-state index contributed by atoms with van der Waals surface area (Å²) >= 11 is 1.69. The van der Waals surface area contributed by atoms with Crippen LogP contribution in [0.25, 0.3) is 0 Å². The maximum atomic E-state index is 12.3. The smallest absolute Gasteiger partial charge is 0.251 e. The second kappa shape index (κ2) is 6.41. The van der Waals surface area contributed by atoms with Gasteiger partial charge in [0.05, 0.1) is 0 Å². The Bertz CT molecular complexity index is 622. The molecule has 4 heteroatoms. The van der Waals surface area contributed by atoms with Gasteiger partial charge in [0.25, 0.3) is 5.91 Å². The Morgan fingerprint density at radius 3 is 3.10 bits per heavy atom. The van der Waals surface area contributed by atoms with E-state index in [0.717, 1.165) is 31.5 Å². The molecular formula is C17H20N2OS. The molecule has 2 aromatic rings. The molecule has 1 aromatic carbocycles. The molecule has 0 radical (unpaired) electrons. The lowest BCUT2D eigenvalue weighted by molar-refractivity contribution is 0.0940. The molecule has 0 saturated heterocycles. The highest BCUT2D eigenvalue weighted by molar-refractivity contribution is 7.07. The number of nitrogens with one attached hydrogen (secondary N) is 2. The van der Waals surface area contributed by atoms with Crippen molar-refractivity contribution in [1.29, 1.82) is 0 Å². The summed E-state index contributed by atoms with van der Waals surface area (Å²) < 4.78 is 0. The number of hydrogen-bond donors (Lipinski definition) is 2. The quantitative estimate of drug-likeness (QED) is 0.911. The number of rotatable bonds is 4. The van der Waals surface area contributed by atoms with E-state index >= 15 is 0 Å². The van der Waals surface area contributed by atoms with Crippen molar-refractivity contribution in [3.8, 4) is 0 Å². The molecule has 1 unspecified atom stereocenters. The van der Waals surface area contributed by atoms with Gasteiger partial charge in [0.2, 0.25) is 0 Å². The van der Waals surface area contributed by atoms with E-state index in [4.69, 9.17) is 0 Å². The Kier molecular flexibility index (Phi) is 4.36. The summed E-state index contributed by atoms with van der Waals surface area (Å²) in [6.07, 6.45) is 1.92. The van der Waals surface area contributed by atoms with E-state index in [1.165, 1.54) is 16.7 Å². The predicted molar refractivity (Wildman–Crippen MR) is 86.8 cm³/mol. The summed E-state index contributed by atoms with van der Waals surface area (Å²) in [5.41, 5.74) is 4.65. The largest absolute Gasteiger partial charge is 0.349 e. The summed E-state index contributed by atoms with van der Waals surface area (Å²) in [6, 6.07) is 8.30. The lowest BCUT2D eigenvalue weighted by atomic mass is 9.98. The lowest BCUT2D eigenvalue weighted by Gasteiger charge is -2.18. The van der Waals surface area contributed by atoms with Gasteiger partial charge in [-0.2, -0.15) is 11.3 Å². The van der Waals surface area contributed by atoms with Crippen LogP contribution in [0.3, 0.4) is 0 Å². The maximum Gasteiger partial charge on any atom is 0.251 e. The SMILES string of the molecule is CC(Cc1ccsc1)NC(=O)c1ccc2c(c1)CNCC2. The molecule has 1 aromatic heterocycles. The number of benzene rings is 1. The fraction of sp³-hybridized carbons (Fsp3) is 0.353. The zero-order chi connectivity index (χ0) is 14.7. The molecule has 1 atom stereocenters. The van der Waals surface area contributed by atoms with Crippen molar-refractivity contribution in [3.63, 3.8) is 0 Å². The van der Waals surface area contributed by atoms with Crippen LogP contribution in [0.4, 0.5) is 0 Å².